The number of para-hydroxylation sites is 3. The quantitative estimate of drug-likeness (QED) is 0.118. The Kier molecular flexibility index (Phi) is 9.33. The van der Waals surface area contributed by atoms with Gasteiger partial charge in [0, 0.05) is 38.5 Å². The molecule has 0 aliphatic carbocycles. The van der Waals surface area contributed by atoms with Gasteiger partial charge in [-0.25, -0.2) is 4.98 Å². The van der Waals surface area contributed by atoms with Crippen molar-refractivity contribution in [3.05, 3.63) is 188 Å². The van der Waals surface area contributed by atoms with E-state index in [4.69, 9.17) is 9.92 Å². The molecule has 9 aromatic rings. The summed E-state index contributed by atoms with van der Waals surface area (Å²) in [6.07, 6.45) is 1.93. The molecule has 1 aliphatic heterocycles. The number of anilines is 3. The molecule has 0 amide bonds. The molecule has 0 unspecified atom stereocenters. The number of hydroxylamine groups is 1. The van der Waals surface area contributed by atoms with Crippen LogP contribution in [0.5, 0.6) is 0 Å². The molecule has 0 radical (unpaired) electrons. The molecule has 0 saturated carbocycles. The van der Waals surface area contributed by atoms with Crippen LogP contribution < -0.4 is 10.1 Å². The van der Waals surface area contributed by atoms with Gasteiger partial charge in [-0.3, -0.25) is 0 Å². The van der Waals surface area contributed by atoms with Crippen molar-refractivity contribution in [2.75, 3.05) is 17.2 Å². The van der Waals surface area contributed by atoms with Gasteiger partial charge in [0.15, 0.2) is 0 Å². The van der Waals surface area contributed by atoms with Gasteiger partial charge in [0.05, 0.1) is 7.05 Å². The van der Waals surface area contributed by atoms with Crippen LogP contribution in [0.4, 0.5) is 17.1 Å². The van der Waals surface area contributed by atoms with E-state index in [2.05, 4.69) is 168 Å². The van der Waals surface area contributed by atoms with Gasteiger partial charge in [-0.05, 0) is 69.1 Å². The zero-order valence-corrected chi connectivity index (χ0v) is 32.8. The molecule has 7 heteroatoms. The third-order valence-electron chi connectivity index (χ3n) is 9.94. The molecule has 10 rings (SSSR count). The first-order valence-electron chi connectivity index (χ1n) is 17.9. The molecular weight excluding hydrogens is 876 g/mol. The summed E-state index contributed by atoms with van der Waals surface area (Å²) in [4.78, 5) is 11.8. The predicted molar refractivity (Wildman–Crippen MR) is 222 cm³/mol. The van der Waals surface area contributed by atoms with Gasteiger partial charge in [0.25, 0.3) is 0 Å². The molecule has 2 aromatic heterocycles. The molecule has 0 spiro atoms. The first-order valence-corrected chi connectivity index (χ1v) is 18.7. The van der Waals surface area contributed by atoms with E-state index in [1.54, 1.807) is 11.8 Å². The summed E-state index contributed by atoms with van der Waals surface area (Å²) >= 11 is 1.64. The monoisotopic (exact) mass is 908 g/mol. The van der Waals surface area contributed by atoms with Gasteiger partial charge in [-0.15, -0.1) is 55.3 Å². The molecule has 5 nitrogen and oxygen atoms in total. The number of pyridine rings is 1. The van der Waals surface area contributed by atoms with Crippen molar-refractivity contribution in [2.45, 2.75) is 9.79 Å². The molecule has 0 atom stereocenters. The molecule has 0 fully saturated rings. The zero-order valence-electron chi connectivity index (χ0n) is 29.7. The van der Waals surface area contributed by atoms with Gasteiger partial charge in [0.1, 0.15) is 17.2 Å². The standard InChI is InChI=1S/C48H32N4OS.Pt/c1-50-44-24-10-11-25-45(44)52(53-50)36-18-12-19-37(31-36)54-38-26-27-42-41-20-8-9-23-43(41)51(46(42)32-38)47-30-35(28-29-49-47)48-39(33-14-4-2-5-15-33)21-13-22-40(48)34-16-6-3-7-17-34;/h2-30H,1H3;/q-2;/p+1. The average molecular weight is 909 g/mol. The average Bonchev–Trinajstić information content (AvgIpc) is 3.75. The van der Waals surface area contributed by atoms with E-state index in [1.807, 2.05) is 41.6 Å². The summed E-state index contributed by atoms with van der Waals surface area (Å²) in [5, 5.41) is 6.14. The normalized spacial score (nSPS) is 12.2. The number of hydrogen-bond donors (Lipinski definition) is 0. The van der Waals surface area contributed by atoms with Gasteiger partial charge in [-0.1, -0.05) is 115 Å². The fourth-order valence-corrected chi connectivity index (χ4v) is 8.33. The fraction of sp³-hybridized carbons (Fsp3) is 0.0208. The van der Waals surface area contributed by atoms with Gasteiger partial charge in [0.2, 0.25) is 0 Å². The van der Waals surface area contributed by atoms with Crippen LogP contribution >= 0.6 is 11.8 Å². The molecule has 7 aromatic carbocycles. The van der Waals surface area contributed by atoms with Crippen LogP contribution in [0.15, 0.2) is 186 Å². The van der Waals surface area contributed by atoms with Crippen LogP contribution in [0.25, 0.3) is 61.0 Å². The maximum atomic E-state index is 5.02. The van der Waals surface area contributed by atoms with E-state index >= 15 is 0 Å². The SMILES string of the molecule is CN1[OH+]N(c2[c-]c(Sc3[c-]c4c(cc3)c3ccccc3n4-c3cc(-c4c(-c5ccccc5)cccc4-c4ccccc4)ccn3)ccc2)c2ccccc21.[Pt]. The summed E-state index contributed by atoms with van der Waals surface area (Å²) in [6, 6.07) is 66.9. The second-order valence-corrected chi connectivity index (χ2v) is 14.3. The minimum absolute atomic E-state index is 0. The third kappa shape index (κ3) is 6.32. The molecule has 3 heterocycles. The Hall–Kier alpha value is -5.91. The Bertz CT molecular complexity index is 2770. The van der Waals surface area contributed by atoms with E-state index in [0.29, 0.717) is 0 Å². The molecule has 268 valence electrons. The Balaban J connectivity index is 0.00000397. The van der Waals surface area contributed by atoms with Crippen molar-refractivity contribution >= 4 is 50.6 Å². The van der Waals surface area contributed by atoms with Crippen molar-refractivity contribution in [3.63, 3.8) is 0 Å². The smallest absolute Gasteiger partial charge is 0.145 e. The summed E-state index contributed by atoms with van der Waals surface area (Å²) in [5.74, 6) is 0.839. The first-order chi connectivity index (χ1) is 26.7. The first kappa shape index (κ1) is 34.8. The second kappa shape index (κ2) is 14.7. The van der Waals surface area contributed by atoms with E-state index in [1.165, 1.54) is 27.8 Å². The van der Waals surface area contributed by atoms with Crippen molar-refractivity contribution < 1.29 is 26.0 Å². The Morgan fingerprint density at radius 2 is 1.22 bits per heavy atom. The maximum absolute atomic E-state index is 5.02. The molecule has 1 N–H and O–H groups in total. The Morgan fingerprint density at radius 1 is 0.564 bits per heavy atom. The number of fused-ring (bicyclic) bond motifs is 4. The van der Waals surface area contributed by atoms with Crippen LogP contribution in [0, 0.1) is 12.1 Å². The molecule has 0 saturated heterocycles. The Labute approximate surface area is 338 Å². The summed E-state index contributed by atoms with van der Waals surface area (Å²) in [7, 11) is 1.97. The molecule has 55 heavy (non-hydrogen) atoms. The minimum Gasteiger partial charge on any atom is -0.319 e. The molecule has 1 aliphatic rings. The second-order valence-electron chi connectivity index (χ2n) is 13.2. The largest absolute Gasteiger partial charge is 0.319 e. The van der Waals surface area contributed by atoms with Gasteiger partial charge in [-0.2, -0.15) is 29.2 Å². The number of aromatic nitrogens is 2. The van der Waals surface area contributed by atoms with Gasteiger partial charge >= 0.3 is 0 Å². The number of hydrogen-bond acceptors (Lipinski definition) is 4. The summed E-state index contributed by atoms with van der Waals surface area (Å²) in [5.41, 5.74) is 12.0. The van der Waals surface area contributed by atoms with E-state index in [9.17, 15) is 0 Å². The van der Waals surface area contributed by atoms with Gasteiger partial charge < -0.3 is 4.57 Å². The fourth-order valence-electron chi connectivity index (χ4n) is 7.51. The number of nitrogens with zero attached hydrogens (tertiary/aromatic N) is 4. The maximum Gasteiger partial charge on any atom is 0.145 e. The van der Waals surface area contributed by atoms with Crippen LogP contribution in [0.2, 0.25) is 0 Å². The van der Waals surface area contributed by atoms with E-state index in [0.717, 1.165) is 60.0 Å². The third-order valence-corrected chi connectivity index (χ3v) is 10.9. The topological polar surface area (TPSA) is 37.1 Å². The van der Waals surface area contributed by atoms with Crippen molar-refractivity contribution in [3.8, 4) is 39.2 Å². The molecule has 0 bridgehead atoms. The number of rotatable bonds is 7. The van der Waals surface area contributed by atoms with Crippen LogP contribution in [0.3, 0.4) is 0 Å². The van der Waals surface area contributed by atoms with Crippen LogP contribution in [-0.2, 0) is 21.1 Å². The van der Waals surface area contributed by atoms with E-state index in [-0.39, 0.29) is 21.1 Å². The number of benzene rings is 7. The van der Waals surface area contributed by atoms with Crippen molar-refractivity contribution in [2.24, 2.45) is 0 Å². The zero-order chi connectivity index (χ0) is 36.0. The molecular formula is C48H33N4OPtS-. The van der Waals surface area contributed by atoms with Crippen molar-refractivity contribution in [1.82, 2.24) is 9.55 Å². The van der Waals surface area contributed by atoms with Crippen LogP contribution in [-0.4, -0.2) is 21.5 Å². The minimum atomic E-state index is 0. The van der Waals surface area contributed by atoms with Crippen LogP contribution in [0.1, 0.15) is 0 Å². The van der Waals surface area contributed by atoms with Crippen molar-refractivity contribution in [1.29, 1.82) is 0 Å². The summed E-state index contributed by atoms with van der Waals surface area (Å²) < 4.78 is 2.25. The predicted octanol–water partition coefficient (Wildman–Crippen LogP) is 12.4. The summed E-state index contributed by atoms with van der Waals surface area (Å²) in [6.45, 7) is 0. The Morgan fingerprint density at radius 3 is 1.98 bits per heavy atom. The van der Waals surface area contributed by atoms with E-state index < -0.39 is 0 Å².